The Hall–Kier alpha value is -1.06. The van der Waals surface area contributed by atoms with Crippen molar-refractivity contribution in [3.63, 3.8) is 0 Å². The first kappa shape index (κ1) is 18.7. The Morgan fingerprint density at radius 2 is 1.52 bits per heavy atom. The third-order valence-corrected chi connectivity index (χ3v) is 5.97. The van der Waals surface area contributed by atoms with Crippen LogP contribution in [-0.2, 0) is 0 Å². The quantitative estimate of drug-likeness (QED) is 0.690. The van der Waals surface area contributed by atoms with Gasteiger partial charge in [0.05, 0.1) is 5.60 Å². The zero-order valence-corrected chi connectivity index (χ0v) is 16.2. The highest BCUT2D eigenvalue weighted by molar-refractivity contribution is 6.30. The molecule has 0 saturated carbocycles. The number of hydrogen-bond acceptors (Lipinski definition) is 2. The zero-order valence-electron chi connectivity index (χ0n) is 14.7. The van der Waals surface area contributed by atoms with E-state index in [9.17, 15) is 5.11 Å². The van der Waals surface area contributed by atoms with Gasteiger partial charge in [0.2, 0.25) is 0 Å². The van der Waals surface area contributed by atoms with Gasteiger partial charge in [-0.2, -0.15) is 0 Å². The van der Waals surface area contributed by atoms with Crippen molar-refractivity contribution in [2.24, 2.45) is 5.92 Å². The van der Waals surface area contributed by atoms with Crippen molar-refractivity contribution in [2.75, 3.05) is 0 Å². The van der Waals surface area contributed by atoms with Gasteiger partial charge >= 0.3 is 0 Å². The first-order valence-electron chi connectivity index (χ1n) is 8.92. The van der Waals surface area contributed by atoms with Gasteiger partial charge in [0, 0.05) is 28.0 Å². The summed E-state index contributed by atoms with van der Waals surface area (Å²) in [5, 5.41) is 16.6. The summed E-state index contributed by atoms with van der Waals surface area (Å²) >= 11 is 12.1. The summed E-state index contributed by atoms with van der Waals surface area (Å²) in [6.07, 6.45) is 2.46. The van der Waals surface area contributed by atoms with E-state index in [2.05, 4.69) is 19.2 Å². The standard InChI is InChI=1S/C21H25Cl2NO/c1-3-12-21(25)13-19(15-4-8-17(22)9-5-15)24-20(14(21)2)16-6-10-18(23)11-7-16/h4-11,14,19-20,24-25H,3,12-13H2,1-2H3/t14-,19+,20+,21-/m0/s1. The summed E-state index contributed by atoms with van der Waals surface area (Å²) in [5.74, 6) is 0.108. The highest BCUT2D eigenvalue weighted by Gasteiger charge is 2.45. The fraction of sp³-hybridized carbons (Fsp3) is 0.429. The molecule has 4 atom stereocenters. The molecule has 4 heteroatoms. The van der Waals surface area contributed by atoms with Gasteiger partial charge in [-0.25, -0.2) is 0 Å². The summed E-state index contributed by atoms with van der Waals surface area (Å²) in [6, 6.07) is 16.0. The number of rotatable bonds is 4. The molecule has 1 saturated heterocycles. The third kappa shape index (κ3) is 4.03. The van der Waals surface area contributed by atoms with E-state index in [1.54, 1.807) is 0 Å². The normalized spacial score (nSPS) is 29.6. The minimum atomic E-state index is -0.700. The van der Waals surface area contributed by atoms with E-state index >= 15 is 0 Å². The number of piperidine rings is 1. The molecule has 1 aliphatic heterocycles. The van der Waals surface area contributed by atoms with Crippen molar-refractivity contribution >= 4 is 23.2 Å². The van der Waals surface area contributed by atoms with Gasteiger partial charge in [-0.05, 0) is 48.2 Å². The van der Waals surface area contributed by atoms with E-state index in [0.717, 1.165) is 34.0 Å². The van der Waals surface area contributed by atoms with E-state index in [0.29, 0.717) is 6.42 Å². The summed E-state index contributed by atoms with van der Waals surface area (Å²) in [5.41, 5.74) is 1.61. The Labute approximate surface area is 160 Å². The minimum absolute atomic E-state index is 0.0724. The molecular formula is C21H25Cl2NO. The van der Waals surface area contributed by atoms with Gasteiger partial charge in [-0.1, -0.05) is 67.7 Å². The van der Waals surface area contributed by atoms with Crippen molar-refractivity contribution in [3.8, 4) is 0 Å². The molecule has 0 aliphatic carbocycles. The highest BCUT2D eigenvalue weighted by atomic mass is 35.5. The molecular weight excluding hydrogens is 353 g/mol. The van der Waals surface area contributed by atoms with Crippen LogP contribution in [0.4, 0.5) is 0 Å². The second-order valence-electron chi connectivity index (χ2n) is 7.15. The predicted molar refractivity (Wildman–Crippen MR) is 105 cm³/mol. The molecule has 0 unspecified atom stereocenters. The number of nitrogens with one attached hydrogen (secondary N) is 1. The van der Waals surface area contributed by atoms with Gasteiger partial charge in [-0.3, -0.25) is 0 Å². The molecule has 0 radical (unpaired) electrons. The molecule has 0 bridgehead atoms. The smallest absolute Gasteiger partial charge is 0.0709 e. The summed E-state index contributed by atoms with van der Waals surface area (Å²) in [4.78, 5) is 0. The molecule has 2 N–H and O–H groups in total. The van der Waals surface area contributed by atoms with E-state index < -0.39 is 5.60 Å². The highest BCUT2D eigenvalue weighted by Crippen LogP contribution is 2.45. The lowest BCUT2D eigenvalue weighted by Crippen LogP contribution is -2.52. The summed E-state index contributed by atoms with van der Waals surface area (Å²) in [6.45, 7) is 4.27. The number of hydrogen-bond donors (Lipinski definition) is 2. The molecule has 134 valence electrons. The molecule has 0 spiro atoms. The van der Waals surface area contributed by atoms with Crippen LogP contribution in [0.3, 0.4) is 0 Å². The maximum Gasteiger partial charge on any atom is 0.0709 e. The van der Waals surface area contributed by atoms with Gasteiger partial charge in [0.15, 0.2) is 0 Å². The van der Waals surface area contributed by atoms with Crippen molar-refractivity contribution in [3.05, 3.63) is 69.7 Å². The molecule has 2 aromatic rings. The summed E-state index contributed by atoms with van der Waals surface area (Å²) < 4.78 is 0. The van der Waals surface area contributed by atoms with Gasteiger partial charge < -0.3 is 10.4 Å². The van der Waals surface area contributed by atoms with Crippen molar-refractivity contribution in [1.29, 1.82) is 0 Å². The molecule has 1 aliphatic rings. The monoisotopic (exact) mass is 377 g/mol. The molecule has 0 aromatic heterocycles. The van der Waals surface area contributed by atoms with Crippen LogP contribution in [0.25, 0.3) is 0 Å². The SMILES string of the molecule is CCC[C@]1(O)C[C@H](c2ccc(Cl)cc2)N[C@@H](c2ccc(Cl)cc2)[C@@H]1C. The molecule has 1 heterocycles. The number of halogens is 2. The molecule has 25 heavy (non-hydrogen) atoms. The van der Waals surface area contributed by atoms with E-state index in [4.69, 9.17) is 23.2 Å². The summed E-state index contributed by atoms with van der Waals surface area (Å²) in [7, 11) is 0. The lowest BCUT2D eigenvalue weighted by Gasteiger charge is -2.48. The Bertz CT molecular complexity index is 701. The Morgan fingerprint density at radius 1 is 1.00 bits per heavy atom. The maximum atomic E-state index is 11.4. The molecule has 3 rings (SSSR count). The number of benzene rings is 2. The van der Waals surface area contributed by atoms with E-state index in [1.807, 2.05) is 48.5 Å². The van der Waals surface area contributed by atoms with Crippen molar-refractivity contribution in [1.82, 2.24) is 5.32 Å². The second kappa shape index (κ2) is 7.67. The first-order valence-corrected chi connectivity index (χ1v) is 9.68. The first-order chi connectivity index (χ1) is 11.9. The molecule has 0 amide bonds. The largest absolute Gasteiger partial charge is 0.389 e. The molecule has 2 nitrogen and oxygen atoms in total. The van der Waals surface area contributed by atoms with Crippen LogP contribution in [-0.4, -0.2) is 10.7 Å². The topological polar surface area (TPSA) is 32.3 Å². The minimum Gasteiger partial charge on any atom is -0.389 e. The van der Waals surface area contributed by atoms with Crippen molar-refractivity contribution in [2.45, 2.75) is 50.8 Å². The Kier molecular flexibility index (Phi) is 5.75. The average molecular weight is 378 g/mol. The fourth-order valence-corrected chi connectivity index (χ4v) is 4.25. The van der Waals surface area contributed by atoms with Crippen LogP contribution in [0.15, 0.2) is 48.5 Å². The maximum absolute atomic E-state index is 11.4. The zero-order chi connectivity index (χ0) is 18.0. The van der Waals surface area contributed by atoms with Crippen LogP contribution in [0, 0.1) is 5.92 Å². The Morgan fingerprint density at radius 3 is 2.04 bits per heavy atom. The third-order valence-electron chi connectivity index (χ3n) is 5.47. The van der Waals surface area contributed by atoms with Crippen LogP contribution in [0.1, 0.15) is 56.3 Å². The van der Waals surface area contributed by atoms with Crippen LogP contribution >= 0.6 is 23.2 Å². The lowest BCUT2D eigenvalue weighted by atomic mass is 9.70. The molecule has 2 aromatic carbocycles. The van der Waals surface area contributed by atoms with E-state index in [-0.39, 0.29) is 18.0 Å². The lowest BCUT2D eigenvalue weighted by molar-refractivity contribution is -0.0743. The van der Waals surface area contributed by atoms with Crippen LogP contribution < -0.4 is 5.32 Å². The van der Waals surface area contributed by atoms with E-state index in [1.165, 1.54) is 0 Å². The average Bonchev–Trinajstić information content (AvgIpc) is 2.59. The fourth-order valence-electron chi connectivity index (χ4n) is 4.00. The van der Waals surface area contributed by atoms with Gasteiger partial charge in [0.25, 0.3) is 0 Å². The predicted octanol–water partition coefficient (Wildman–Crippen LogP) is 5.94. The second-order valence-corrected chi connectivity index (χ2v) is 8.02. The molecule has 1 fully saturated rings. The van der Waals surface area contributed by atoms with Crippen molar-refractivity contribution < 1.29 is 5.11 Å². The Balaban J connectivity index is 1.95. The van der Waals surface area contributed by atoms with Gasteiger partial charge in [0.1, 0.15) is 0 Å². The number of aliphatic hydroxyl groups is 1. The van der Waals surface area contributed by atoms with Gasteiger partial charge in [-0.15, -0.1) is 0 Å². The van der Waals surface area contributed by atoms with Crippen LogP contribution in [0.2, 0.25) is 10.0 Å². The van der Waals surface area contributed by atoms with Crippen LogP contribution in [0.5, 0.6) is 0 Å².